The molecule has 4 aromatic rings. The summed E-state index contributed by atoms with van der Waals surface area (Å²) < 4.78 is 67.3. The van der Waals surface area contributed by atoms with Gasteiger partial charge in [0.2, 0.25) is 12.0 Å². The maximum Gasteiger partial charge on any atom is 0.408 e. The fourth-order valence-electron chi connectivity index (χ4n) is 15.4. The molecule has 2 bridgehead atoms. The number of aliphatic hydroxyl groups is 3. The summed E-state index contributed by atoms with van der Waals surface area (Å²) in [7, 11) is -4.02. The molecule has 5 fully saturated rings. The van der Waals surface area contributed by atoms with Gasteiger partial charge in [-0.2, -0.15) is 17.0 Å². The summed E-state index contributed by atoms with van der Waals surface area (Å²) in [6.45, 7) is 16.2. The second kappa shape index (κ2) is 29.7. The molecule has 4 aromatic carbocycles. The maximum absolute atomic E-state index is 15.5. The van der Waals surface area contributed by atoms with Crippen LogP contribution in [-0.2, 0) is 69.1 Å². The molecule has 3 heterocycles. The van der Waals surface area contributed by atoms with E-state index in [1.54, 1.807) is 81.4 Å². The number of anilines is 1. The monoisotopic (exact) mass is 1450 g/mol. The molecule has 3 aliphatic heterocycles. The van der Waals surface area contributed by atoms with Gasteiger partial charge in [-0.05, 0) is 98.7 Å². The molecule has 1 unspecified atom stereocenters. The SMILES string of the molecule is CC(=O)O[C@@]12CO[C@@H]1C[C@H](O)[C@@]1(C)C(=O)C(O)C3=C(C)[C@@H](OC(=O)[C@H](OC(=O)CCC(=O)N4CCN(S(=O)(=O)N5CCN(Cc6ccc(N(C(=N)c7cc(C(C)C)c(O)cc7O)C(N)=O)cc6)CC5)CC4)[C@@H](NC(=O)OC(C)(C)C)c4ccccc4)C[C@@](O)([C@@H](OC(=O)c4ccccc4)[C@H]21)C3(C)C. The lowest BCUT2D eigenvalue weighted by atomic mass is 9.44. The lowest BCUT2D eigenvalue weighted by molar-refractivity contribution is -0.346. The quantitative estimate of drug-likeness (QED) is 0.0195. The van der Waals surface area contributed by atoms with Crippen LogP contribution in [-0.4, -0.2) is 218 Å². The number of nitrogens with zero attached hydrogens (tertiary/aromatic N) is 5. The number of hydrogen-bond donors (Lipinski definition) is 8. The number of Topliss-reactive ketones (excluding diaryl/α,β-unsaturated/α-hetero) is 1. The maximum atomic E-state index is 15.5. The van der Waals surface area contributed by atoms with Crippen LogP contribution in [0.4, 0.5) is 15.3 Å². The number of rotatable bonds is 19. The van der Waals surface area contributed by atoms with Gasteiger partial charge in [0.15, 0.2) is 11.4 Å². The Balaban J connectivity index is 0.834. The molecular weight excluding hydrogens is 1360 g/mol. The number of phenols is 2. The number of ketones is 1. The number of hydrogen-bond acceptors (Lipinski definition) is 23. The van der Waals surface area contributed by atoms with E-state index in [4.69, 9.17) is 39.6 Å². The van der Waals surface area contributed by atoms with Crippen molar-refractivity contribution in [3.63, 3.8) is 0 Å². The Bertz CT molecular complexity index is 4080. The van der Waals surface area contributed by atoms with Gasteiger partial charge in [-0.15, -0.1) is 0 Å². The fourth-order valence-corrected chi connectivity index (χ4v) is 17.0. The van der Waals surface area contributed by atoms with Gasteiger partial charge in [0.1, 0.15) is 59.0 Å². The van der Waals surface area contributed by atoms with Crippen LogP contribution in [0.25, 0.3) is 0 Å². The molecule has 2 saturated carbocycles. The molecule has 10 rings (SSSR count). The first-order chi connectivity index (χ1) is 48.3. The van der Waals surface area contributed by atoms with Crippen LogP contribution in [0, 0.1) is 22.2 Å². The molecule has 0 spiro atoms. The van der Waals surface area contributed by atoms with Crippen molar-refractivity contribution in [2.24, 2.45) is 22.5 Å². The van der Waals surface area contributed by atoms with E-state index in [1.165, 1.54) is 71.5 Å². The number of nitrogens with one attached hydrogen (secondary N) is 2. The summed E-state index contributed by atoms with van der Waals surface area (Å²) in [4.78, 5) is 118. The Labute approximate surface area is 597 Å². The molecule has 3 saturated heterocycles. The molecular formula is C73H92N8O21S. The largest absolute Gasteiger partial charge is 0.508 e. The third kappa shape index (κ3) is 15.1. The van der Waals surface area contributed by atoms with Crippen LogP contribution in [0.3, 0.4) is 0 Å². The molecule has 29 nitrogen and oxygen atoms in total. The second-order valence-electron chi connectivity index (χ2n) is 29.3. The molecule has 103 heavy (non-hydrogen) atoms. The number of urea groups is 1. The number of primary amides is 1. The topological polar surface area (TPSA) is 405 Å². The number of amides is 4. The van der Waals surface area contributed by atoms with Crippen molar-refractivity contribution in [3.05, 3.63) is 136 Å². The van der Waals surface area contributed by atoms with Gasteiger partial charge in [0.25, 0.3) is 10.2 Å². The lowest BCUT2D eigenvalue weighted by Gasteiger charge is -2.67. The summed E-state index contributed by atoms with van der Waals surface area (Å²) in [6.07, 6.45) is -13.8. The third-order valence-electron chi connectivity index (χ3n) is 21.0. The van der Waals surface area contributed by atoms with E-state index in [2.05, 4.69) is 10.2 Å². The standard InChI is InChI=1S/C73H92N8O21S/c1-41(2)48-35-49(51(84)36-50(48)83)64(74)81(67(75)92)47-23-21-44(22-24-47)39-77-27-31-79(32-28-77)103(95,96)80-33-29-78(30-34-80)55(86)25-26-56(87)99-60(58(45-17-13-11-14-18-45)76-68(93)102-69(5,6)7)66(91)98-52-38-73(94)63(100-65(90)46-19-15-12-16-20-46)61-71(10,62(89)59(88)57(42(52)3)70(73,8)9)53(85)37-54-72(61,40-97-54)101-43(4)82/h11-24,35-36,41,52-54,58-61,63,74,83-85,88,94H,25-34,37-40H2,1-10H3,(H2,75,92)(H,76,93)/t52-,53-,54+,58-,59?,60+,61-,63-,71+,72-,73+/m0/s1. The van der Waals surface area contributed by atoms with Gasteiger partial charge in [-0.3, -0.25) is 29.5 Å². The summed E-state index contributed by atoms with van der Waals surface area (Å²) >= 11 is 0. The molecule has 3 aliphatic carbocycles. The second-order valence-corrected chi connectivity index (χ2v) is 31.2. The number of aromatic hydroxyl groups is 2. The highest BCUT2D eigenvalue weighted by Gasteiger charge is 2.78. The zero-order chi connectivity index (χ0) is 75.2. The minimum Gasteiger partial charge on any atom is -0.508 e. The summed E-state index contributed by atoms with van der Waals surface area (Å²) in [5.41, 5.74) is -2.07. The first-order valence-corrected chi connectivity index (χ1v) is 35.7. The van der Waals surface area contributed by atoms with Crippen LogP contribution in [0.1, 0.15) is 139 Å². The van der Waals surface area contributed by atoms with Gasteiger partial charge in [0.05, 0.1) is 47.3 Å². The number of fused-ring (bicyclic) bond motifs is 5. The average Bonchev–Trinajstić information content (AvgIpc) is 0.669. The van der Waals surface area contributed by atoms with Crippen LogP contribution in [0.5, 0.6) is 11.5 Å². The Hall–Kier alpha value is -8.88. The van der Waals surface area contributed by atoms with E-state index in [0.717, 1.165) is 23.5 Å². The van der Waals surface area contributed by atoms with Gasteiger partial charge in [0, 0.05) is 96.6 Å². The van der Waals surface area contributed by atoms with Crippen molar-refractivity contribution in [2.45, 2.75) is 167 Å². The Morgan fingerprint density at radius 1 is 0.825 bits per heavy atom. The number of phenolic OH excluding ortho intramolecular Hbond substituents is 2. The number of benzene rings is 4. The molecule has 6 aliphatic rings. The van der Waals surface area contributed by atoms with Crippen molar-refractivity contribution in [1.29, 1.82) is 5.41 Å². The minimum absolute atomic E-state index is 0.00741. The minimum atomic E-state index is -4.02. The fraction of sp³-hybridized carbons (Fsp3) is 0.521. The van der Waals surface area contributed by atoms with Crippen molar-refractivity contribution in [2.75, 3.05) is 63.9 Å². The highest BCUT2D eigenvalue weighted by Crippen LogP contribution is 2.64. The Morgan fingerprint density at radius 2 is 1.43 bits per heavy atom. The van der Waals surface area contributed by atoms with Crippen molar-refractivity contribution in [1.82, 2.24) is 23.7 Å². The smallest absolute Gasteiger partial charge is 0.408 e. The number of carbonyl (C=O) groups excluding carboxylic acids is 8. The number of esters is 4. The highest BCUT2D eigenvalue weighted by molar-refractivity contribution is 7.86. The predicted molar refractivity (Wildman–Crippen MR) is 370 cm³/mol. The molecule has 0 radical (unpaired) electrons. The van der Waals surface area contributed by atoms with Crippen LogP contribution >= 0.6 is 0 Å². The van der Waals surface area contributed by atoms with Gasteiger partial charge in [-0.1, -0.05) is 88.4 Å². The number of carbonyl (C=O) groups is 8. The third-order valence-corrected chi connectivity index (χ3v) is 23.0. The number of piperazine rings is 2. The summed E-state index contributed by atoms with van der Waals surface area (Å²) in [5.74, 6) is -8.63. The van der Waals surface area contributed by atoms with Crippen LogP contribution in [0.2, 0.25) is 0 Å². The van der Waals surface area contributed by atoms with Crippen molar-refractivity contribution in [3.8, 4) is 11.5 Å². The van der Waals surface area contributed by atoms with Crippen molar-refractivity contribution >= 4 is 69.4 Å². The first kappa shape index (κ1) is 76.8. The van der Waals surface area contributed by atoms with E-state index in [9.17, 15) is 62.7 Å². The number of aliphatic hydroxyl groups excluding tert-OH is 2. The van der Waals surface area contributed by atoms with Crippen LogP contribution in [0.15, 0.2) is 108 Å². The number of alkyl carbamates (subject to hydrolysis) is 1. The van der Waals surface area contributed by atoms with Crippen molar-refractivity contribution < 1.29 is 101 Å². The van der Waals surface area contributed by atoms with E-state index in [0.29, 0.717) is 25.2 Å². The Kier molecular flexibility index (Phi) is 22.1. The normalized spacial score (nSPS) is 26.5. The molecule has 556 valence electrons. The zero-order valence-electron chi connectivity index (χ0n) is 59.3. The summed E-state index contributed by atoms with van der Waals surface area (Å²) in [5, 5.41) is 71.1. The average molecular weight is 1450 g/mol. The molecule has 9 N–H and O–H groups in total. The van der Waals surface area contributed by atoms with Gasteiger partial charge < -0.3 is 69.9 Å². The van der Waals surface area contributed by atoms with Gasteiger partial charge >= 0.3 is 36.0 Å². The molecule has 0 aromatic heterocycles. The summed E-state index contributed by atoms with van der Waals surface area (Å²) in [6, 6.07) is 22.2. The highest BCUT2D eigenvalue weighted by atomic mass is 32.2. The van der Waals surface area contributed by atoms with E-state index < -0.39 is 165 Å². The Morgan fingerprint density at radius 3 is 1.99 bits per heavy atom. The molecule has 4 amide bonds. The van der Waals surface area contributed by atoms with Gasteiger partial charge in [-0.25, -0.2) is 24.1 Å². The molecule has 11 atom stereocenters. The van der Waals surface area contributed by atoms with E-state index >= 15 is 9.59 Å². The number of ether oxygens (including phenoxy) is 6. The van der Waals surface area contributed by atoms with Crippen LogP contribution < -0.4 is 16.0 Å². The number of amidine groups is 1. The van der Waals surface area contributed by atoms with E-state index in [-0.39, 0.29) is 97.5 Å². The van der Waals surface area contributed by atoms with E-state index in [1.807, 2.05) is 13.8 Å². The zero-order valence-corrected chi connectivity index (χ0v) is 60.1. The number of nitrogens with two attached hydrogens (primary N) is 1. The molecule has 30 heteroatoms. The first-order valence-electron chi connectivity index (χ1n) is 34.3. The predicted octanol–water partition coefficient (Wildman–Crippen LogP) is 5.24. The lowest BCUT2D eigenvalue weighted by Crippen LogP contribution is -2.81.